The molecule has 0 radical (unpaired) electrons. The van der Waals surface area contributed by atoms with Gasteiger partial charge in [-0.2, -0.15) is 0 Å². The number of nitro benzene ring substituents is 1. The second-order valence-corrected chi connectivity index (χ2v) is 28.9. The van der Waals surface area contributed by atoms with E-state index in [0.29, 0.717) is 96.0 Å². The Hall–Kier alpha value is -10.7. The van der Waals surface area contributed by atoms with Crippen LogP contribution in [0.5, 0.6) is 0 Å². The molecule has 2 unspecified atom stereocenters. The van der Waals surface area contributed by atoms with Gasteiger partial charge in [0.05, 0.1) is 64.0 Å². The van der Waals surface area contributed by atoms with E-state index in [4.69, 9.17) is 25.1 Å². The number of nitrogens with zero attached hydrogens (tertiary/aromatic N) is 1. The maximum atomic E-state index is 12.5. The molecule has 102 heavy (non-hydrogen) atoms. The molecule has 7 N–H and O–H groups in total. The molecule has 0 aromatic heterocycles. The zero-order valence-electron chi connectivity index (χ0n) is 57.2. The second-order valence-electron chi connectivity index (χ2n) is 28.9. The van der Waals surface area contributed by atoms with Crippen LogP contribution in [0.3, 0.4) is 0 Å². The van der Waals surface area contributed by atoms with Crippen molar-refractivity contribution in [3.8, 4) is 0 Å². The summed E-state index contributed by atoms with van der Waals surface area (Å²) in [4.78, 5) is 138. The number of carbonyl (C=O) groups is 11. The average Bonchev–Trinajstić information content (AvgIpc) is 1.62. The third kappa shape index (κ3) is 16.8. The Bertz CT molecular complexity index is 4240. The number of carbonyl (C=O) groups excluding carboxylic acids is 9. The lowest BCUT2D eigenvalue weighted by atomic mass is 9.81. The first-order valence-corrected chi connectivity index (χ1v) is 33.8. The van der Waals surface area contributed by atoms with E-state index in [2.05, 4.69) is 28.1 Å². The Labute approximate surface area is 591 Å². The highest BCUT2D eigenvalue weighted by Crippen LogP contribution is 2.47. The molecule has 6 aromatic carbocycles. The lowest BCUT2D eigenvalue weighted by molar-refractivity contribution is -0.384. The Morgan fingerprint density at radius 1 is 0.490 bits per heavy atom. The average molecular weight is 1390 g/mol. The Morgan fingerprint density at radius 2 is 0.843 bits per heavy atom. The summed E-state index contributed by atoms with van der Waals surface area (Å²) < 4.78 is 15.7. The van der Waals surface area contributed by atoms with Gasteiger partial charge >= 0.3 is 29.8 Å². The molecule has 6 aromatic rings. The van der Waals surface area contributed by atoms with Crippen molar-refractivity contribution in [2.24, 2.45) is 33.0 Å². The van der Waals surface area contributed by atoms with E-state index >= 15 is 0 Å². The number of rotatable bonds is 10. The van der Waals surface area contributed by atoms with Gasteiger partial charge in [-0.3, -0.25) is 78.8 Å². The minimum atomic E-state index is -1.16. The van der Waals surface area contributed by atoms with Crippen LogP contribution in [-0.2, 0) is 144 Å². The molecule has 536 valence electrons. The van der Waals surface area contributed by atoms with Crippen LogP contribution in [0.1, 0.15) is 141 Å². The predicted octanol–water partition coefficient (Wildman–Crippen LogP) is 8.94. The Morgan fingerprint density at radius 3 is 1.20 bits per heavy atom. The quantitative estimate of drug-likeness (QED) is 0.0186. The van der Waals surface area contributed by atoms with Gasteiger partial charge in [0.2, 0.25) is 35.4 Å². The number of aliphatic carboxylic acids is 2. The molecule has 0 bridgehead atoms. The minimum absolute atomic E-state index is 0. The monoisotopic (exact) mass is 1390 g/mol. The molecule has 3 spiro atoms. The van der Waals surface area contributed by atoms with E-state index in [9.17, 15) is 68.0 Å². The van der Waals surface area contributed by atoms with Crippen LogP contribution < -0.4 is 21.7 Å². The van der Waals surface area contributed by atoms with Crippen molar-refractivity contribution in [3.05, 3.63) is 210 Å². The number of imide groups is 3. The van der Waals surface area contributed by atoms with Gasteiger partial charge in [0.1, 0.15) is 5.60 Å². The number of nitrogens with two attached hydrogens (primary N) is 1. The predicted molar refractivity (Wildman–Crippen MR) is 373 cm³/mol. The fraction of sp³-hybridized carbons (Fsp3) is 0.405. The maximum absolute atomic E-state index is 12.5. The number of benzene rings is 6. The molecule has 9 aliphatic rings. The molecule has 6 aliphatic carbocycles. The number of hydrogen-bond acceptors (Lipinski definition) is 17. The summed E-state index contributed by atoms with van der Waals surface area (Å²) in [6.45, 7) is 9.89. The number of anilines is 1. The number of fused-ring (bicyclic) bond motifs is 6. The van der Waals surface area contributed by atoms with Gasteiger partial charge in [-0.1, -0.05) is 117 Å². The van der Waals surface area contributed by atoms with E-state index in [1.54, 1.807) is 13.0 Å². The number of non-ortho nitro benzene ring substituents is 1. The first-order valence-electron chi connectivity index (χ1n) is 33.8. The van der Waals surface area contributed by atoms with Crippen LogP contribution in [0.25, 0.3) is 0 Å². The molecule has 0 saturated carbocycles. The van der Waals surface area contributed by atoms with Crippen molar-refractivity contribution in [1.29, 1.82) is 0 Å². The van der Waals surface area contributed by atoms with Gasteiger partial charge in [-0.25, -0.2) is 0 Å². The lowest BCUT2D eigenvalue weighted by Crippen LogP contribution is -2.38. The van der Waals surface area contributed by atoms with Gasteiger partial charge in [0.15, 0.2) is 0 Å². The van der Waals surface area contributed by atoms with E-state index < -0.39 is 49.5 Å². The zero-order chi connectivity index (χ0) is 72.8. The van der Waals surface area contributed by atoms with Crippen molar-refractivity contribution in [1.82, 2.24) is 16.0 Å². The molecule has 3 heterocycles. The van der Waals surface area contributed by atoms with Gasteiger partial charge in [-0.05, 0) is 191 Å². The van der Waals surface area contributed by atoms with E-state index in [-0.39, 0.29) is 91.6 Å². The molecule has 23 heteroatoms. The summed E-state index contributed by atoms with van der Waals surface area (Å²) in [5, 5.41) is 35.8. The van der Waals surface area contributed by atoms with Crippen LogP contribution >= 0.6 is 0 Å². The van der Waals surface area contributed by atoms with E-state index in [0.717, 1.165) is 57.3 Å². The molecule has 3 aliphatic heterocycles. The van der Waals surface area contributed by atoms with E-state index in [1.807, 2.05) is 131 Å². The summed E-state index contributed by atoms with van der Waals surface area (Å²) in [6, 6.07) is 41.9. The second kappa shape index (κ2) is 30.6. The molecule has 15 rings (SSSR count). The molecule has 6 amide bonds. The molecule has 3 saturated heterocycles. The number of nitrogen functional groups attached to an aromatic ring is 1. The normalized spacial score (nSPS) is 20.1. The number of carboxylic acid groups (broad SMARTS) is 2. The maximum Gasteiger partial charge on any atom is 0.313 e. The third-order valence-corrected chi connectivity index (χ3v) is 20.2. The summed E-state index contributed by atoms with van der Waals surface area (Å²) in [7, 11) is 0. The van der Waals surface area contributed by atoms with Gasteiger partial charge in [-0.15, -0.1) is 0 Å². The Kier molecular flexibility index (Phi) is 22.7. The summed E-state index contributed by atoms with van der Waals surface area (Å²) >= 11 is 0. The Balaban J connectivity index is 0.000000143. The summed E-state index contributed by atoms with van der Waals surface area (Å²) in [6.07, 6.45) is 7.51. The van der Waals surface area contributed by atoms with Crippen molar-refractivity contribution in [2.75, 3.05) is 18.9 Å². The zero-order valence-corrected chi connectivity index (χ0v) is 57.2. The van der Waals surface area contributed by atoms with Crippen LogP contribution in [0.2, 0.25) is 0 Å². The highest BCUT2D eigenvalue weighted by atomic mass is 16.6. The summed E-state index contributed by atoms with van der Waals surface area (Å²) in [5.41, 5.74) is 15.3. The van der Waals surface area contributed by atoms with Crippen LogP contribution in [0.4, 0.5) is 11.4 Å². The molecule has 23 nitrogen and oxygen atoms in total. The number of esters is 3. The van der Waals surface area contributed by atoms with Crippen molar-refractivity contribution in [3.63, 3.8) is 0 Å². The fourth-order valence-electron chi connectivity index (χ4n) is 15.5. The standard InChI is InChI=1S/C18H24O4.C12H10N2O4.C12H12N2O2.C12H11NO2.C12H12O4.C12H14O2.CH4/c1-5-21-16(20)18(12-15(19)22-17(2,3)4)10-13-8-6-7-9-14(13)11-18;15-10-6-12(11(16)13-10)4-7-1-2-9(14(17)18)3-8(7)5-12;13-9-2-1-7-4-12(5-8(7)3-9)6-10(15)14-11(12)16;14-10-7-12(11(15)13-10)5-8-3-1-2-4-9(8)6-12;13-10(14)7-12(11(15)16)5-8-3-1-2-4-9(8)6-12;1-2-14-12(13)11-7-9-5-3-4-6-10(9)8-11;/h6-9H,5,10-12H2,1-4H3;1-3H,4-6H2,(H,13,15,16);1-3H,4-6,13H2,(H,14,15,16);1-4H,5-7H2,(H,13,14,15);1-4H,5-7H2,(H,13,14)(H,15,16);3-6,11H,2,7-8H2,1H3;1H4. The number of ether oxygens (including phenoxy) is 3. The molecule has 2 atom stereocenters. The van der Waals surface area contributed by atoms with Crippen LogP contribution in [0, 0.1) is 43.1 Å². The fourth-order valence-corrected chi connectivity index (χ4v) is 15.5. The third-order valence-electron chi connectivity index (χ3n) is 20.2. The molecular formula is C79H87N5O18. The highest BCUT2D eigenvalue weighted by Gasteiger charge is 2.53. The summed E-state index contributed by atoms with van der Waals surface area (Å²) in [5.74, 6) is -3.79. The van der Waals surface area contributed by atoms with Crippen molar-refractivity contribution >= 4 is 76.7 Å². The SMILES string of the molecule is C.CCOC(=O)C1(CC(=O)OC(C)(C)C)Cc2ccccc2C1.CCOC(=O)C1Cc2ccccc2C1.Nc1ccc2c(c1)CC1(CC(=O)NC1=O)C2.O=C(O)CC1(C(=O)O)Cc2ccccc2C1.O=C1CC2(Cc3ccc([N+](=O)[O-])cc3C2)C(=O)N1.O=C1CC2(Cc3ccccc3C2)C(=O)N1. The number of nitrogens with one attached hydrogen (secondary N) is 3. The first kappa shape index (κ1) is 75.5. The van der Waals surface area contributed by atoms with Crippen molar-refractivity contribution in [2.45, 2.75) is 157 Å². The van der Waals surface area contributed by atoms with Gasteiger partial charge < -0.3 is 30.2 Å². The molecular weight excluding hydrogens is 1310 g/mol. The van der Waals surface area contributed by atoms with Gasteiger partial charge in [0, 0.05) is 37.1 Å². The highest BCUT2D eigenvalue weighted by molar-refractivity contribution is 6.08. The first-order chi connectivity index (χ1) is 47.9. The topological polar surface area (TPSA) is 361 Å². The largest absolute Gasteiger partial charge is 0.481 e. The molecule has 3 fully saturated rings. The smallest absolute Gasteiger partial charge is 0.313 e. The van der Waals surface area contributed by atoms with Crippen LogP contribution in [-0.4, -0.2) is 99.2 Å². The lowest BCUT2D eigenvalue weighted by Gasteiger charge is -2.28. The minimum Gasteiger partial charge on any atom is -0.481 e. The van der Waals surface area contributed by atoms with E-state index in [1.165, 1.54) is 34.4 Å². The van der Waals surface area contributed by atoms with Crippen LogP contribution in [0.15, 0.2) is 133 Å². The van der Waals surface area contributed by atoms with Crippen molar-refractivity contribution < 1.29 is 82.1 Å². The number of hydrogen-bond donors (Lipinski definition) is 6. The number of carboxylic acids is 2. The van der Waals surface area contributed by atoms with Gasteiger partial charge in [0.25, 0.3) is 5.69 Å². The number of amides is 6. The number of nitro groups is 1.